The number of carbonyl (C=O) groups excluding carboxylic acids is 1. The number of nitrogens with zero attached hydrogens (tertiary/aromatic N) is 1. The lowest BCUT2D eigenvalue weighted by Gasteiger charge is -2.20. The van der Waals surface area contributed by atoms with Gasteiger partial charge in [-0.2, -0.15) is 0 Å². The van der Waals surface area contributed by atoms with Crippen LogP contribution in [0.5, 0.6) is 5.75 Å². The van der Waals surface area contributed by atoms with Crippen molar-refractivity contribution >= 4 is 38.9 Å². The highest BCUT2D eigenvalue weighted by molar-refractivity contribution is 7.89. The molecule has 1 amide bonds. The van der Waals surface area contributed by atoms with E-state index in [4.69, 9.17) is 21.5 Å². The number of nitrogens with two attached hydrogens (primary N) is 1. The Balaban J connectivity index is 2.22. The van der Waals surface area contributed by atoms with E-state index < -0.39 is 22.0 Å². The number of anilines is 2. The van der Waals surface area contributed by atoms with Crippen molar-refractivity contribution in [3.63, 3.8) is 0 Å². The van der Waals surface area contributed by atoms with E-state index in [1.54, 1.807) is 56.3 Å². The van der Waals surface area contributed by atoms with Crippen molar-refractivity contribution in [3.05, 3.63) is 47.5 Å². The van der Waals surface area contributed by atoms with Gasteiger partial charge in [-0.05, 0) is 49.4 Å². The molecule has 0 aromatic heterocycles. The van der Waals surface area contributed by atoms with Gasteiger partial charge in [-0.1, -0.05) is 11.6 Å². The third-order valence-electron chi connectivity index (χ3n) is 3.53. The van der Waals surface area contributed by atoms with Crippen molar-refractivity contribution in [2.45, 2.75) is 17.9 Å². The summed E-state index contributed by atoms with van der Waals surface area (Å²) in [6, 6.07) is 10.9. The number of benzene rings is 2. The molecule has 7 nitrogen and oxygen atoms in total. The van der Waals surface area contributed by atoms with E-state index in [2.05, 4.69) is 5.32 Å². The molecule has 0 unspecified atom stereocenters. The predicted octanol–water partition coefficient (Wildman–Crippen LogP) is 2.46. The van der Waals surface area contributed by atoms with Gasteiger partial charge < -0.3 is 15.0 Å². The molecule has 0 aliphatic rings. The predicted molar refractivity (Wildman–Crippen MR) is 102 cm³/mol. The molecule has 0 saturated heterocycles. The monoisotopic (exact) mass is 397 g/mol. The molecule has 0 fully saturated rings. The van der Waals surface area contributed by atoms with Gasteiger partial charge in [0.25, 0.3) is 5.91 Å². The number of halogens is 1. The molecule has 0 saturated carbocycles. The molecule has 0 heterocycles. The largest absolute Gasteiger partial charge is 0.481 e. The van der Waals surface area contributed by atoms with Crippen molar-refractivity contribution in [1.82, 2.24) is 0 Å². The number of amides is 1. The van der Waals surface area contributed by atoms with Gasteiger partial charge >= 0.3 is 0 Å². The number of ether oxygens (including phenoxy) is 1. The fourth-order valence-electron chi connectivity index (χ4n) is 2.19. The SMILES string of the molecule is C[C@H](Oc1ccc(Cl)cc1)C(=O)Nc1cc(S(N)(=O)=O)ccc1N(C)C. The first-order valence-corrected chi connectivity index (χ1v) is 9.57. The smallest absolute Gasteiger partial charge is 0.265 e. The van der Waals surface area contributed by atoms with E-state index in [0.29, 0.717) is 22.1 Å². The van der Waals surface area contributed by atoms with Gasteiger partial charge in [0.15, 0.2) is 6.10 Å². The molecule has 0 bridgehead atoms. The summed E-state index contributed by atoms with van der Waals surface area (Å²) in [5.41, 5.74) is 0.947. The minimum absolute atomic E-state index is 0.0929. The Kier molecular flexibility index (Phi) is 6.12. The van der Waals surface area contributed by atoms with Gasteiger partial charge in [0, 0.05) is 19.1 Å². The molecule has 9 heteroatoms. The minimum atomic E-state index is -3.89. The number of nitrogens with one attached hydrogen (secondary N) is 1. The Morgan fingerprint density at radius 3 is 2.35 bits per heavy atom. The molecule has 1 atom stereocenters. The highest BCUT2D eigenvalue weighted by atomic mass is 35.5. The Hall–Kier alpha value is -2.29. The lowest BCUT2D eigenvalue weighted by atomic mass is 10.2. The van der Waals surface area contributed by atoms with Crippen LogP contribution < -0.4 is 20.1 Å². The maximum atomic E-state index is 12.5. The normalized spacial score (nSPS) is 12.3. The summed E-state index contributed by atoms with van der Waals surface area (Å²) < 4.78 is 28.7. The van der Waals surface area contributed by atoms with Crippen LogP contribution in [-0.4, -0.2) is 34.5 Å². The topological polar surface area (TPSA) is 102 Å². The van der Waals surface area contributed by atoms with E-state index in [1.807, 2.05) is 0 Å². The van der Waals surface area contributed by atoms with Crippen LogP contribution in [0.4, 0.5) is 11.4 Å². The second-order valence-electron chi connectivity index (χ2n) is 5.82. The number of sulfonamides is 1. The Morgan fingerprint density at radius 1 is 1.19 bits per heavy atom. The first kappa shape index (κ1) is 20.0. The van der Waals surface area contributed by atoms with Crippen LogP contribution in [0.25, 0.3) is 0 Å². The zero-order valence-electron chi connectivity index (χ0n) is 14.6. The van der Waals surface area contributed by atoms with E-state index in [-0.39, 0.29) is 4.90 Å². The van der Waals surface area contributed by atoms with Gasteiger partial charge in [0.05, 0.1) is 16.3 Å². The van der Waals surface area contributed by atoms with Crippen molar-refractivity contribution in [1.29, 1.82) is 0 Å². The van der Waals surface area contributed by atoms with Gasteiger partial charge in [-0.25, -0.2) is 13.6 Å². The number of carbonyl (C=O) groups is 1. The van der Waals surface area contributed by atoms with Gasteiger partial charge in [0.2, 0.25) is 10.0 Å². The molecule has 2 aromatic rings. The molecule has 26 heavy (non-hydrogen) atoms. The van der Waals surface area contributed by atoms with E-state index in [0.717, 1.165) is 0 Å². The Morgan fingerprint density at radius 2 is 1.81 bits per heavy atom. The number of hydrogen-bond acceptors (Lipinski definition) is 5. The van der Waals surface area contributed by atoms with Crippen LogP contribution in [0.3, 0.4) is 0 Å². The molecule has 0 radical (unpaired) electrons. The maximum Gasteiger partial charge on any atom is 0.265 e. The van der Waals surface area contributed by atoms with Crippen LogP contribution >= 0.6 is 11.6 Å². The average molecular weight is 398 g/mol. The molecule has 2 rings (SSSR count). The first-order chi connectivity index (χ1) is 12.1. The number of hydrogen-bond donors (Lipinski definition) is 2. The summed E-state index contributed by atoms with van der Waals surface area (Å²) in [5, 5.41) is 8.41. The molecule has 0 spiro atoms. The second-order valence-corrected chi connectivity index (χ2v) is 7.82. The summed E-state index contributed by atoms with van der Waals surface area (Å²) in [6.45, 7) is 1.59. The summed E-state index contributed by atoms with van der Waals surface area (Å²) in [6.07, 6.45) is -0.815. The summed E-state index contributed by atoms with van der Waals surface area (Å²) >= 11 is 5.82. The first-order valence-electron chi connectivity index (χ1n) is 7.65. The summed E-state index contributed by atoms with van der Waals surface area (Å²) in [5.74, 6) is 0.0535. The van der Waals surface area contributed by atoms with E-state index in [1.165, 1.54) is 12.1 Å². The molecule has 2 aromatic carbocycles. The number of rotatable bonds is 6. The third kappa shape index (κ3) is 5.10. The van der Waals surface area contributed by atoms with Crippen molar-refractivity contribution in [2.75, 3.05) is 24.3 Å². The zero-order chi connectivity index (χ0) is 19.5. The lowest BCUT2D eigenvalue weighted by Crippen LogP contribution is -2.31. The Labute approximate surface area is 157 Å². The van der Waals surface area contributed by atoms with Crippen LogP contribution in [0.1, 0.15) is 6.92 Å². The highest BCUT2D eigenvalue weighted by Gasteiger charge is 2.19. The van der Waals surface area contributed by atoms with Crippen LogP contribution in [0.15, 0.2) is 47.4 Å². The van der Waals surface area contributed by atoms with Crippen molar-refractivity contribution < 1.29 is 17.9 Å². The van der Waals surface area contributed by atoms with Crippen molar-refractivity contribution in [3.8, 4) is 5.75 Å². The van der Waals surface area contributed by atoms with Crippen LogP contribution in [0, 0.1) is 0 Å². The molecular weight excluding hydrogens is 378 g/mol. The fraction of sp³-hybridized carbons (Fsp3) is 0.235. The summed E-state index contributed by atoms with van der Waals surface area (Å²) in [7, 11) is -0.344. The second kappa shape index (κ2) is 7.94. The molecule has 140 valence electrons. The minimum Gasteiger partial charge on any atom is -0.481 e. The molecule has 0 aliphatic carbocycles. The zero-order valence-corrected chi connectivity index (χ0v) is 16.1. The standard InChI is InChI=1S/C17H20ClN3O4S/c1-11(25-13-6-4-12(18)5-7-13)17(22)20-15-10-14(26(19,23)24)8-9-16(15)21(2)3/h4-11H,1-3H3,(H,20,22)(H2,19,23,24)/t11-/m0/s1. The van der Waals surface area contributed by atoms with Crippen molar-refractivity contribution in [2.24, 2.45) is 5.14 Å². The van der Waals surface area contributed by atoms with Crippen LogP contribution in [-0.2, 0) is 14.8 Å². The van der Waals surface area contributed by atoms with E-state index in [9.17, 15) is 13.2 Å². The van der Waals surface area contributed by atoms with Crippen LogP contribution in [0.2, 0.25) is 5.02 Å². The summed E-state index contributed by atoms with van der Waals surface area (Å²) in [4.78, 5) is 14.1. The molecule has 3 N–H and O–H groups in total. The van der Waals surface area contributed by atoms with Gasteiger partial charge in [-0.15, -0.1) is 0 Å². The fourth-order valence-corrected chi connectivity index (χ4v) is 2.85. The quantitative estimate of drug-likeness (QED) is 0.779. The Bertz CT molecular complexity index is 899. The van der Waals surface area contributed by atoms with E-state index >= 15 is 0 Å². The molecular formula is C17H20ClN3O4S. The number of primary sulfonamides is 1. The lowest BCUT2D eigenvalue weighted by molar-refractivity contribution is -0.122. The maximum absolute atomic E-state index is 12.5. The van der Waals surface area contributed by atoms with Gasteiger partial charge in [-0.3, -0.25) is 4.79 Å². The molecule has 0 aliphatic heterocycles. The van der Waals surface area contributed by atoms with Gasteiger partial charge in [0.1, 0.15) is 5.75 Å². The average Bonchev–Trinajstić information content (AvgIpc) is 2.55. The third-order valence-corrected chi connectivity index (χ3v) is 4.69. The highest BCUT2D eigenvalue weighted by Crippen LogP contribution is 2.27.